The summed E-state index contributed by atoms with van der Waals surface area (Å²) in [5.41, 5.74) is 2.46. The van der Waals surface area contributed by atoms with Crippen molar-refractivity contribution >= 4 is 34.8 Å². The molecule has 1 atom stereocenters. The van der Waals surface area contributed by atoms with Crippen molar-refractivity contribution in [1.82, 2.24) is 5.32 Å². The maximum Gasteiger partial charge on any atom is 0.238 e. The summed E-state index contributed by atoms with van der Waals surface area (Å²) in [6.45, 7) is 5.85. The van der Waals surface area contributed by atoms with Gasteiger partial charge in [0.05, 0.1) is 6.54 Å². The molecule has 2 aromatic carbocycles. The molecule has 0 aliphatic heterocycles. The average molecular weight is 374 g/mol. The Bertz CT molecular complexity index is 743. The standard InChI is InChI=1S/C20H24ClN3O2/c1-13(2)20(15-4-6-16(21)7-5-15)22-12-19(26)24-18-10-8-17(9-11-18)23-14(3)25/h4-11,13,20,22H,12H2,1-3H3,(H,23,25)(H,24,26). The van der Waals surface area contributed by atoms with Gasteiger partial charge in [-0.2, -0.15) is 0 Å². The van der Waals surface area contributed by atoms with Gasteiger partial charge in [0.2, 0.25) is 11.8 Å². The Morgan fingerprint density at radius 1 is 0.923 bits per heavy atom. The third-order valence-corrected chi connectivity index (χ3v) is 4.12. The van der Waals surface area contributed by atoms with Crippen molar-refractivity contribution in [2.75, 3.05) is 17.2 Å². The molecule has 3 N–H and O–H groups in total. The van der Waals surface area contributed by atoms with E-state index in [-0.39, 0.29) is 24.4 Å². The van der Waals surface area contributed by atoms with Crippen molar-refractivity contribution in [2.45, 2.75) is 26.8 Å². The largest absolute Gasteiger partial charge is 0.326 e. The molecule has 0 fully saturated rings. The monoisotopic (exact) mass is 373 g/mol. The predicted octanol–water partition coefficient (Wildman–Crippen LogP) is 4.22. The number of hydrogen-bond acceptors (Lipinski definition) is 3. The van der Waals surface area contributed by atoms with Gasteiger partial charge in [0, 0.05) is 29.4 Å². The molecule has 0 aliphatic rings. The molecule has 5 nitrogen and oxygen atoms in total. The highest BCUT2D eigenvalue weighted by Gasteiger charge is 2.16. The SMILES string of the molecule is CC(=O)Nc1ccc(NC(=O)CNC(c2ccc(Cl)cc2)C(C)C)cc1. The highest BCUT2D eigenvalue weighted by Crippen LogP contribution is 2.23. The fourth-order valence-corrected chi connectivity index (χ4v) is 2.78. The zero-order valence-corrected chi connectivity index (χ0v) is 15.9. The number of nitrogens with one attached hydrogen (secondary N) is 3. The van der Waals surface area contributed by atoms with E-state index in [9.17, 15) is 9.59 Å². The minimum atomic E-state index is -0.132. The average Bonchev–Trinajstić information content (AvgIpc) is 2.57. The maximum atomic E-state index is 12.2. The van der Waals surface area contributed by atoms with Crippen LogP contribution in [0.5, 0.6) is 0 Å². The van der Waals surface area contributed by atoms with Crippen LogP contribution in [0.25, 0.3) is 0 Å². The van der Waals surface area contributed by atoms with Gasteiger partial charge in [0.15, 0.2) is 0 Å². The summed E-state index contributed by atoms with van der Waals surface area (Å²) in [7, 11) is 0. The third-order valence-electron chi connectivity index (χ3n) is 3.87. The minimum absolute atomic E-state index is 0.0557. The van der Waals surface area contributed by atoms with Gasteiger partial charge in [-0.05, 0) is 47.9 Å². The number of hydrogen-bond donors (Lipinski definition) is 3. The number of amides is 2. The molecule has 2 aromatic rings. The topological polar surface area (TPSA) is 70.2 Å². The lowest BCUT2D eigenvalue weighted by Crippen LogP contribution is -2.33. The maximum absolute atomic E-state index is 12.2. The lowest BCUT2D eigenvalue weighted by Gasteiger charge is -2.23. The molecular weight excluding hydrogens is 350 g/mol. The highest BCUT2D eigenvalue weighted by molar-refractivity contribution is 6.30. The number of anilines is 2. The first-order valence-electron chi connectivity index (χ1n) is 8.51. The fourth-order valence-electron chi connectivity index (χ4n) is 2.66. The molecule has 0 heterocycles. The van der Waals surface area contributed by atoms with Crippen LogP contribution in [0.3, 0.4) is 0 Å². The summed E-state index contributed by atoms with van der Waals surface area (Å²) in [4.78, 5) is 23.2. The smallest absolute Gasteiger partial charge is 0.238 e. The molecule has 0 spiro atoms. The Kier molecular flexibility index (Phi) is 7.18. The van der Waals surface area contributed by atoms with Crippen LogP contribution in [-0.4, -0.2) is 18.4 Å². The van der Waals surface area contributed by atoms with Crippen LogP contribution < -0.4 is 16.0 Å². The van der Waals surface area contributed by atoms with E-state index in [2.05, 4.69) is 29.8 Å². The molecule has 1 unspecified atom stereocenters. The van der Waals surface area contributed by atoms with E-state index < -0.39 is 0 Å². The van der Waals surface area contributed by atoms with Crippen molar-refractivity contribution in [3.8, 4) is 0 Å². The number of benzene rings is 2. The van der Waals surface area contributed by atoms with Gasteiger partial charge in [-0.3, -0.25) is 9.59 Å². The van der Waals surface area contributed by atoms with Gasteiger partial charge >= 0.3 is 0 Å². The molecule has 0 saturated carbocycles. The van der Waals surface area contributed by atoms with E-state index in [4.69, 9.17) is 11.6 Å². The minimum Gasteiger partial charge on any atom is -0.326 e. The molecule has 0 radical (unpaired) electrons. The molecular formula is C20H24ClN3O2. The molecule has 0 aromatic heterocycles. The van der Waals surface area contributed by atoms with Crippen molar-refractivity contribution < 1.29 is 9.59 Å². The number of carbonyl (C=O) groups excluding carboxylic acids is 2. The van der Waals surface area contributed by atoms with Crippen LogP contribution >= 0.6 is 11.6 Å². The third kappa shape index (κ3) is 6.17. The number of carbonyl (C=O) groups is 2. The van der Waals surface area contributed by atoms with Crippen LogP contribution in [0.1, 0.15) is 32.4 Å². The summed E-state index contributed by atoms with van der Waals surface area (Å²) < 4.78 is 0. The Morgan fingerprint density at radius 3 is 1.96 bits per heavy atom. The summed E-state index contributed by atoms with van der Waals surface area (Å²) in [5.74, 6) is 0.0608. The van der Waals surface area contributed by atoms with E-state index >= 15 is 0 Å². The van der Waals surface area contributed by atoms with Gasteiger partial charge in [0.1, 0.15) is 0 Å². The second-order valence-electron chi connectivity index (χ2n) is 6.46. The predicted molar refractivity (Wildman–Crippen MR) is 106 cm³/mol. The quantitative estimate of drug-likeness (QED) is 0.680. The van der Waals surface area contributed by atoms with Crippen LogP contribution in [0, 0.1) is 5.92 Å². The van der Waals surface area contributed by atoms with Gasteiger partial charge < -0.3 is 16.0 Å². The summed E-state index contributed by atoms with van der Waals surface area (Å²) in [6, 6.07) is 14.7. The normalized spacial score (nSPS) is 11.9. The summed E-state index contributed by atoms with van der Waals surface area (Å²) in [6.07, 6.45) is 0. The first-order valence-corrected chi connectivity index (χ1v) is 8.89. The Balaban J connectivity index is 1.91. The first kappa shape index (κ1) is 19.9. The van der Waals surface area contributed by atoms with Crippen LogP contribution in [-0.2, 0) is 9.59 Å². The highest BCUT2D eigenvalue weighted by atomic mass is 35.5. The Morgan fingerprint density at radius 2 is 1.46 bits per heavy atom. The second kappa shape index (κ2) is 9.36. The zero-order valence-electron chi connectivity index (χ0n) is 15.2. The molecule has 0 aliphatic carbocycles. The molecule has 0 saturated heterocycles. The van der Waals surface area contributed by atoms with Crippen molar-refractivity contribution in [1.29, 1.82) is 0 Å². The van der Waals surface area contributed by atoms with E-state index in [0.717, 1.165) is 5.56 Å². The van der Waals surface area contributed by atoms with Crippen LogP contribution in [0.2, 0.25) is 5.02 Å². The Labute approximate surface area is 159 Å². The van der Waals surface area contributed by atoms with Gasteiger partial charge in [-0.15, -0.1) is 0 Å². The molecule has 0 bridgehead atoms. The molecule has 2 rings (SSSR count). The Hall–Kier alpha value is -2.37. The van der Waals surface area contributed by atoms with Crippen molar-refractivity contribution in [3.05, 3.63) is 59.1 Å². The van der Waals surface area contributed by atoms with Crippen molar-refractivity contribution in [3.63, 3.8) is 0 Å². The number of halogens is 1. The molecule has 2 amide bonds. The molecule has 26 heavy (non-hydrogen) atoms. The first-order chi connectivity index (χ1) is 12.3. The van der Waals surface area contributed by atoms with Gasteiger partial charge in [-0.25, -0.2) is 0 Å². The van der Waals surface area contributed by atoms with Gasteiger partial charge in [-0.1, -0.05) is 37.6 Å². The summed E-state index contributed by atoms with van der Waals surface area (Å²) in [5, 5.41) is 9.52. The van der Waals surface area contributed by atoms with Gasteiger partial charge in [0.25, 0.3) is 0 Å². The van der Waals surface area contributed by atoms with Crippen LogP contribution in [0.15, 0.2) is 48.5 Å². The van der Waals surface area contributed by atoms with E-state index in [1.54, 1.807) is 24.3 Å². The zero-order chi connectivity index (χ0) is 19.1. The van der Waals surface area contributed by atoms with E-state index in [1.807, 2.05) is 24.3 Å². The second-order valence-corrected chi connectivity index (χ2v) is 6.90. The molecule has 138 valence electrons. The fraction of sp³-hybridized carbons (Fsp3) is 0.300. The lowest BCUT2D eigenvalue weighted by molar-refractivity contribution is -0.116. The van der Waals surface area contributed by atoms with Crippen molar-refractivity contribution in [2.24, 2.45) is 5.92 Å². The lowest BCUT2D eigenvalue weighted by atomic mass is 9.96. The van der Waals surface area contributed by atoms with E-state index in [1.165, 1.54) is 6.92 Å². The van der Waals surface area contributed by atoms with Crippen LogP contribution in [0.4, 0.5) is 11.4 Å². The van der Waals surface area contributed by atoms with E-state index in [0.29, 0.717) is 22.3 Å². The number of rotatable bonds is 7. The summed E-state index contributed by atoms with van der Waals surface area (Å²) >= 11 is 5.94. The molecule has 6 heteroatoms.